The summed E-state index contributed by atoms with van der Waals surface area (Å²) in [5.41, 5.74) is 1.16. The highest BCUT2D eigenvalue weighted by molar-refractivity contribution is 7.18. The molecule has 0 bridgehead atoms. The molecule has 118 valence electrons. The van der Waals surface area contributed by atoms with Crippen LogP contribution in [0.2, 0.25) is 0 Å². The number of carbonyl (C=O) groups is 2. The van der Waals surface area contributed by atoms with Crippen molar-refractivity contribution in [3.05, 3.63) is 45.8 Å². The SMILES string of the molecule is CCOC(=O)c1sc(NC(=O)c2csc3ccccc23)nc1C. The van der Waals surface area contributed by atoms with E-state index in [0.29, 0.717) is 27.9 Å². The summed E-state index contributed by atoms with van der Waals surface area (Å²) in [6.07, 6.45) is 0. The molecular formula is C16H14N2O3S2. The summed E-state index contributed by atoms with van der Waals surface area (Å²) < 4.78 is 6.03. The highest BCUT2D eigenvalue weighted by Gasteiger charge is 2.19. The normalized spacial score (nSPS) is 10.7. The maximum atomic E-state index is 12.5. The average Bonchev–Trinajstić information content (AvgIpc) is 3.11. The molecule has 23 heavy (non-hydrogen) atoms. The number of thiazole rings is 1. The van der Waals surface area contributed by atoms with Crippen molar-refractivity contribution in [2.45, 2.75) is 13.8 Å². The summed E-state index contributed by atoms with van der Waals surface area (Å²) in [6, 6.07) is 7.73. The Bertz CT molecular complexity index is 882. The second-order valence-electron chi connectivity index (χ2n) is 4.75. The van der Waals surface area contributed by atoms with Crippen LogP contribution in [0.15, 0.2) is 29.6 Å². The van der Waals surface area contributed by atoms with E-state index in [4.69, 9.17) is 4.74 Å². The number of hydrogen-bond donors (Lipinski definition) is 1. The largest absolute Gasteiger partial charge is 0.462 e. The Morgan fingerprint density at radius 3 is 2.87 bits per heavy atom. The predicted molar refractivity (Wildman–Crippen MR) is 92.6 cm³/mol. The number of aromatic nitrogens is 1. The van der Waals surface area contributed by atoms with Crippen molar-refractivity contribution in [2.75, 3.05) is 11.9 Å². The second kappa shape index (κ2) is 6.47. The Morgan fingerprint density at radius 2 is 2.09 bits per heavy atom. The molecule has 1 N–H and O–H groups in total. The first-order valence-corrected chi connectivity index (χ1v) is 8.72. The number of aryl methyl sites for hydroxylation is 1. The van der Waals surface area contributed by atoms with Gasteiger partial charge >= 0.3 is 5.97 Å². The van der Waals surface area contributed by atoms with Crippen molar-refractivity contribution in [1.29, 1.82) is 0 Å². The van der Waals surface area contributed by atoms with Gasteiger partial charge in [0, 0.05) is 15.5 Å². The molecule has 2 aromatic heterocycles. The van der Waals surface area contributed by atoms with Gasteiger partial charge in [0.2, 0.25) is 0 Å². The lowest BCUT2D eigenvalue weighted by Gasteiger charge is -2.00. The Balaban J connectivity index is 1.83. The van der Waals surface area contributed by atoms with Gasteiger partial charge in [-0.05, 0) is 19.9 Å². The van der Waals surface area contributed by atoms with E-state index in [1.165, 1.54) is 11.3 Å². The van der Waals surface area contributed by atoms with Crippen LogP contribution in [-0.2, 0) is 4.74 Å². The van der Waals surface area contributed by atoms with Gasteiger partial charge in [-0.3, -0.25) is 10.1 Å². The molecule has 1 aromatic carbocycles. The second-order valence-corrected chi connectivity index (χ2v) is 6.66. The number of nitrogens with zero attached hydrogens (tertiary/aromatic N) is 1. The van der Waals surface area contributed by atoms with Crippen LogP contribution in [0.5, 0.6) is 0 Å². The predicted octanol–water partition coefficient (Wildman–Crippen LogP) is 4.10. The molecule has 0 aliphatic carbocycles. The molecule has 0 unspecified atom stereocenters. The molecule has 0 aliphatic rings. The maximum Gasteiger partial charge on any atom is 0.350 e. The fourth-order valence-electron chi connectivity index (χ4n) is 2.15. The summed E-state index contributed by atoms with van der Waals surface area (Å²) in [7, 11) is 0. The van der Waals surface area contributed by atoms with E-state index in [-0.39, 0.29) is 5.91 Å². The number of hydrogen-bond acceptors (Lipinski definition) is 6. The Kier molecular flexibility index (Phi) is 4.40. The standard InChI is InChI=1S/C16H14N2O3S2/c1-3-21-15(20)13-9(2)17-16(23-13)18-14(19)11-8-22-12-7-5-4-6-10(11)12/h4-8H,3H2,1-2H3,(H,17,18,19). The Morgan fingerprint density at radius 1 is 1.30 bits per heavy atom. The van der Waals surface area contributed by atoms with Gasteiger partial charge in [-0.1, -0.05) is 29.5 Å². The molecule has 2 heterocycles. The molecule has 3 aromatic rings. The van der Waals surface area contributed by atoms with E-state index in [1.807, 2.05) is 29.6 Å². The van der Waals surface area contributed by atoms with Gasteiger partial charge in [-0.25, -0.2) is 9.78 Å². The van der Waals surface area contributed by atoms with Crippen LogP contribution in [0.3, 0.4) is 0 Å². The molecule has 0 aliphatic heterocycles. The summed E-state index contributed by atoms with van der Waals surface area (Å²) in [5, 5.41) is 5.89. The number of nitrogens with one attached hydrogen (secondary N) is 1. The lowest BCUT2D eigenvalue weighted by atomic mass is 10.2. The number of esters is 1. The minimum Gasteiger partial charge on any atom is -0.462 e. The number of ether oxygens (including phenoxy) is 1. The summed E-state index contributed by atoms with van der Waals surface area (Å²) in [6.45, 7) is 3.77. The first-order valence-electron chi connectivity index (χ1n) is 7.02. The number of rotatable bonds is 4. The van der Waals surface area contributed by atoms with Gasteiger partial charge < -0.3 is 4.74 Å². The minimum absolute atomic E-state index is 0.230. The van der Waals surface area contributed by atoms with Crippen LogP contribution in [0.25, 0.3) is 10.1 Å². The molecule has 0 saturated carbocycles. The summed E-state index contributed by atoms with van der Waals surface area (Å²) in [4.78, 5) is 28.9. The molecule has 0 fully saturated rings. The number of benzene rings is 1. The Labute approximate surface area is 140 Å². The topological polar surface area (TPSA) is 68.3 Å². The summed E-state index contributed by atoms with van der Waals surface area (Å²) >= 11 is 2.65. The van der Waals surface area contributed by atoms with Crippen molar-refractivity contribution in [3.63, 3.8) is 0 Å². The zero-order valence-electron chi connectivity index (χ0n) is 12.6. The molecule has 5 nitrogen and oxygen atoms in total. The number of amides is 1. The molecule has 0 spiro atoms. The lowest BCUT2D eigenvalue weighted by Crippen LogP contribution is -2.10. The van der Waals surface area contributed by atoms with E-state index in [1.54, 1.807) is 13.8 Å². The molecule has 0 saturated heterocycles. The minimum atomic E-state index is -0.413. The molecule has 3 rings (SSSR count). The quantitative estimate of drug-likeness (QED) is 0.722. The highest BCUT2D eigenvalue weighted by Crippen LogP contribution is 2.28. The van der Waals surface area contributed by atoms with Gasteiger partial charge in [-0.2, -0.15) is 0 Å². The molecule has 0 atom stereocenters. The Hall–Kier alpha value is -2.25. The third-order valence-electron chi connectivity index (χ3n) is 3.20. The van der Waals surface area contributed by atoms with Gasteiger partial charge in [0.15, 0.2) is 5.13 Å². The van der Waals surface area contributed by atoms with Crippen LogP contribution < -0.4 is 5.32 Å². The first-order chi connectivity index (χ1) is 11.1. The van der Waals surface area contributed by atoms with Crippen LogP contribution >= 0.6 is 22.7 Å². The van der Waals surface area contributed by atoms with Crippen LogP contribution in [-0.4, -0.2) is 23.5 Å². The molecule has 7 heteroatoms. The molecule has 1 amide bonds. The average molecular weight is 346 g/mol. The third kappa shape index (κ3) is 3.11. The van der Waals surface area contributed by atoms with Crippen molar-refractivity contribution < 1.29 is 14.3 Å². The van der Waals surface area contributed by atoms with Crippen LogP contribution in [0, 0.1) is 6.92 Å². The number of thiophene rings is 1. The van der Waals surface area contributed by atoms with Gasteiger partial charge in [0.1, 0.15) is 4.88 Å². The van der Waals surface area contributed by atoms with E-state index in [9.17, 15) is 9.59 Å². The van der Waals surface area contributed by atoms with Gasteiger partial charge in [-0.15, -0.1) is 11.3 Å². The smallest absolute Gasteiger partial charge is 0.350 e. The molecule has 0 radical (unpaired) electrons. The number of anilines is 1. The monoisotopic (exact) mass is 346 g/mol. The van der Waals surface area contributed by atoms with Crippen LogP contribution in [0.4, 0.5) is 5.13 Å². The van der Waals surface area contributed by atoms with Crippen molar-refractivity contribution in [3.8, 4) is 0 Å². The lowest BCUT2D eigenvalue weighted by molar-refractivity contribution is 0.0531. The fourth-order valence-corrected chi connectivity index (χ4v) is 3.95. The van der Waals surface area contributed by atoms with E-state index in [0.717, 1.165) is 21.4 Å². The van der Waals surface area contributed by atoms with Crippen molar-refractivity contribution in [1.82, 2.24) is 4.98 Å². The fraction of sp³-hybridized carbons (Fsp3) is 0.188. The van der Waals surface area contributed by atoms with Crippen LogP contribution in [0.1, 0.15) is 32.6 Å². The van der Waals surface area contributed by atoms with Crippen molar-refractivity contribution >= 4 is 49.8 Å². The first kappa shape index (κ1) is 15.6. The van der Waals surface area contributed by atoms with E-state index < -0.39 is 5.97 Å². The maximum absolute atomic E-state index is 12.5. The summed E-state index contributed by atoms with van der Waals surface area (Å²) in [5.74, 6) is -0.643. The van der Waals surface area contributed by atoms with Gasteiger partial charge in [0.05, 0.1) is 17.9 Å². The molecular weight excluding hydrogens is 332 g/mol. The zero-order chi connectivity index (χ0) is 16.4. The number of carbonyl (C=O) groups excluding carboxylic acids is 2. The highest BCUT2D eigenvalue weighted by atomic mass is 32.1. The van der Waals surface area contributed by atoms with E-state index >= 15 is 0 Å². The zero-order valence-corrected chi connectivity index (χ0v) is 14.2. The number of fused-ring (bicyclic) bond motifs is 1. The van der Waals surface area contributed by atoms with E-state index in [2.05, 4.69) is 10.3 Å². The third-order valence-corrected chi connectivity index (χ3v) is 5.22. The van der Waals surface area contributed by atoms with Gasteiger partial charge in [0.25, 0.3) is 5.91 Å². The van der Waals surface area contributed by atoms with Crippen molar-refractivity contribution in [2.24, 2.45) is 0 Å².